The van der Waals surface area contributed by atoms with E-state index in [1.54, 1.807) is 24.7 Å². The number of benzene rings is 2. The monoisotopic (exact) mass is 442 g/mol. The second-order valence-electron chi connectivity index (χ2n) is 8.82. The summed E-state index contributed by atoms with van der Waals surface area (Å²) in [4.78, 5) is 1.39. The minimum absolute atomic E-state index is 0.174. The summed E-state index contributed by atoms with van der Waals surface area (Å²) in [5, 5.41) is 16.1. The van der Waals surface area contributed by atoms with E-state index >= 15 is 0 Å². The van der Waals surface area contributed by atoms with E-state index in [-0.39, 0.29) is 17.6 Å². The molecule has 2 heterocycles. The normalized spacial score (nSPS) is 17.9. The van der Waals surface area contributed by atoms with Crippen LogP contribution in [-0.2, 0) is 5.41 Å². The molecule has 0 amide bonds. The van der Waals surface area contributed by atoms with Gasteiger partial charge in [0.15, 0.2) is 11.6 Å². The maximum atomic E-state index is 5.98. The van der Waals surface area contributed by atoms with Gasteiger partial charge in [0.1, 0.15) is 17.6 Å². The van der Waals surface area contributed by atoms with Crippen LogP contribution in [0.2, 0.25) is 0 Å². The van der Waals surface area contributed by atoms with Gasteiger partial charge < -0.3 is 15.2 Å². The Hall–Kier alpha value is -3.78. The first-order valence-electron chi connectivity index (χ1n) is 11.0. The molecule has 0 aliphatic heterocycles. The van der Waals surface area contributed by atoms with Crippen molar-refractivity contribution in [1.82, 2.24) is 25.2 Å². The fourth-order valence-electron chi connectivity index (χ4n) is 3.91. The van der Waals surface area contributed by atoms with Crippen LogP contribution in [-0.4, -0.2) is 37.3 Å². The summed E-state index contributed by atoms with van der Waals surface area (Å²) >= 11 is 0. The van der Waals surface area contributed by atoms with Crippen molar-refractivity contribution in [3.05, 3.63) is 84.3 Å². The molecule has 0 bridgehead atoms. The molecule has 0 radical (unpaired) electrons. The molecule has 2 aromatic heterocycles. The van der Waals surface area contributed by atoms with E-state index in [0.717, 1.165) is 18.6 Å². The maximum Gasteiger partial charge on any atom is 0.199 e. The van der Waals surface area contributed by atoms with E-state index in [1.165, 1.54) is 15.9 Å². The smallest absolute Gasteiger partial charge is 0.199 e. The van der Waals surface area contributed by atoms with Crippen molar-refractivity contribution in [2.75, 3.05) is 0 Å². The molecule has 8 nitrogen and oxygen atoms in total. The average molecular weight is 443 g/mol. The molecule has 168 valence electrons. The van der Waals surface area contributed by atoms with Crippen molar-refractivity contribution in [3.8, 4) is 23.1 Å². The Bertz CT molecular complexity index is 1200. The van der Waals surface area contributed by atoms with Crippen LogP contribution in [0, 0.1) is 0 Å². The lowest BCUT2D eigenvalue weighted by Crippen LogP contribution is -2.43. The van der Waals surface area contributed by atoms with E-state index in [0.29, 0.717) is 17.3 Å². The highest BCUT2D eigenvalue weighted by Gasteiger charge is 2.28. The zero-order chi connectivity index (χ0) is 22.8. The minimum atomic E-state index is -0.174. The van der Waals surface area contributed by atoms with Gasteiger partial charge in [-0.25, -0.2) is 0 Å². The van der Waals surface area contributed by atoms with Crippen LogP contribution in [0.25, 0.3) is 5.82 Å². The number of nitrogens with zero attached hydrogens (tertiary/aromatic N) is 5. The Labute approximate surface area is 192 Å². The Morgan fingerprint density at radius 3 is 2.09 bits per heavy atom. The van der Waals surface area contributed by atoms with Crippen molar-refractivity contribution in [2.24, 2.45) is 5.73 Å². The molecule has 0 atom stereocenters. The van der Waals surface area contributed by atoms with Gasteiger partial charge in [0.2, 0.25) is 0 Å². The third-order valence-electron chi connectivity index (χ3n) is 6.06. The van der Waals surface area contributed by atoms with E-state index in [1.807, 2.05) is 24.3 Å². The second-order valence-corrected chi connectivity index (χ2v) is 8.82. The molecular formula is C25H26N6O2. The summed E-state index contributed by atoms with van der Waals surface area (Å²) in [5.74, 6) is 2.66. The van der Waals surface area contributed by atoms with E-state index in [2.05, 4.69) is 58.5 Å². The minimum Gasteiger partial charge on any atom is -0.490 e. The largest absolute Gasteiger partial charge is 0.490 e. The third-order valence-corrected chi connectivity index (χ3v) is 6.06. The molecule has 1 aliphatic rings. The van der Waals surface area contributed by atoms with Crippen LogP contribution in [0.15, 0.2) is 73.2 Å². The molecule has 5 rings (SSSR count). The summed E-state index contributed by atoms with van der Waals surface area (Å²) in [7, 11) is 0. The van der Waals surface area contributed by atoms with Crippen molar-refractivity contribution < 1.29 is 9.47 Å². The van der Waals surface area contributed by atoms with Crippen LogP contribution in [0.5, 0.6) is 17.2 Å². The Balaban J connectivity index is 1.27. The van der Waals surface area contributed by atoms with Gasteiger partial charge in [-0.1, -0.05) is 38.1 Å². The fourth-order valence-corrected chi connectivity index (χ4v) is 3.91. The Morgan fingerprint density at radius 2 is 1.48 bits per heavy atom. The number of hydrogen-bond donors (Lipinski definition) is 1. The number of rotatable bonds is 7. The summed E-state index contributed by atoms with van der Waals surface area (Å²) in [5.41, 5.74) is 8.07. The molecule has 1 saturated carbocycles. The predicted molar refractivity (Wildman–Crippen MR) is 124 cm³/mol. The molecule has 0 spiro atoms. The maximum absolute atomic E-state index is 5.98. The van der Waals surface area contributed by atoms with Gasteiger partial charge in [0.05, 0.1) is 18.6 Å². The second kappa shape index (κ2) is 8.63. The molecule has 33 heavy (non-hydrogen) atoms. The zero-order valence-corrected chi connectivity index (χ0v) is 18.6. The van der Waals surface area contributed by atoms with E-state index < -0.39 is 0 Å². The molecule has 8 heteroatoms. The fraction of sp³-hybridized carbons (Fsp3) is 0.280. The van der Waals surface area contributed by atoms with Gasteiger partial charge in [-0.15, -0.1) is 9.90 Å². The van der Waals surface area contributed by atoms with Crippen LogP contribution >= 0.6 is 0 Å². The lowest BCUT2D eigenvalue weighted by Gasteiger charge is -2.33. The van der Waals surface area contributed by atoms with Gasteiger partial charge in [-0.3, -0.25) is 0 Å². The zero-order valence-electron chi connectivity index (χ0n) is 18.6. The first-order chi connectivity index (χ1) is 16.0. The summed E-state index contributed by atoms with van der Waals surface area (Å²) in [6.45, 7) is 4.42. The van der Waals surface area contributed by atoms with Crippen molar-refractivity contribution in [1.29, 1.82) is 0 Å². The van der Waals surface area contributed by atoms with Crippen LogP contribution in [0.3, 0.4) is 0 Å². The average Bonchev–Trinajstić information content (AvgIpc) is 3.34. The van der Waals surface area contributed by atoms with Crippen LogP contribution in [0.4, 0.5) is 0 Å². The first kappa shape index (κ1) is 21.1. The lowest BCUT2D eigenvalue weighted by atomic mass is 9.78. The Kier molecular flexibility index (Phi) is 5.51. The first-order valence-corrected chi connectivity index (χ1v) is 11.0. The molecule has 2 aromatic carbocycles. The SMILES string of the molecule is CC(C)(c1ccc(Oc2cnnc(-n3nccn3)c2)cc1)c1ccc(O[C@H]2C[C@H](N)C2)cc1. The van der Waals surface area contributed by atoms with Crippen molar-refractivity contribution in [2.45, 2.75) is 44.2 Å². The molecule has 0 unspecified atom stereocenters. The van der Waals surface area contributed by atoms with Gasteiger partial charge in [-0.05, 0) is 48.2 Å². The molecule has 0 saturated heterocycles. The molecule has 4 aromatic rings. The quantitative estimate of drug-likeness (QED) is 0.461. The van der Waals surface area contributed by atoms with Gasteiger partial charge in [-0.2, -0.15) is 15.3 Å². The third kappa shape index (κ3) is 4.56. The standard InChI is InChI=1S/C25H26N6O2/c1-25(2,17-3-7-20(8-4-17)32-22-13-19(26)14-22)18-5-9-21(10-6-18)33-23-15-24(30-27-16-23)31-28-11-12-29-31/h3-12,15-16,19,22H,13-14,26H2,1-2H3/t19-,22-. The topological polar surface area (TPSA) is 101 Å². The number of hydrogen-bond acceptors (Lipinski definition) is 7. The summed E-state index contributed by atoms with van der Waals surface area (Å²) < 4.78 is 12.0. The number of aromatic nitrogens is 5. The van der Waals surface area contributed by atoms with Gasteiger partial charge >= 0.3 is 0 Å². The molecule has 2 N–H and O–H groups in total. The molecule has 1 fully saturated rings. The van der Waals surface area contributed by atoms with Gasteiger partial charge in [0, 0.05) is 17.5 Å². The van der Waals surface area contributed by atoms with Crippen molar-refractivity contribution >= 4 is 0 Å². The highest BCUT2D eigenvalue weighted by Crippen LogP contribution is 2.34. The summed E-state index contributed by atoms with van der Waals surface area (Å²) in [6, 6.07) is 18.5. The number of nitrogens with two attached hydrogens (primary N) is 1. The van der Waals surface area contributed by atoms with Crippen molar-refractivity contribution in [3.63, 3.8) is 0 Å². The molecular weight excluding hydrogens is 416 g/mol. The highest BCUT2D eigenvalue weighted by atomic mass is 16.5. The highest BCUT2D eigenvalue weighted by molar-refractivity contribution is 5.43. The van der Waals surface area contributed by atoms with Gasteiger partial charge in [0.25, 0.3) is 0 Å². The van der Waals surface area contributed by atoms with E-state index in [9.17, 15) is 0 Å². The Morgan fingerprint density at radius 1 is 0.879 bits per heavy atom. The predicted octanol–water partition coefficient (Wildman–Crippen LogP) is 4.04. The molecule has 1 aliphatic carbocycles. The lowest BCUT2D eigenvalue weighted by molar-refractivity contribution is 0.101. The van der Waals surface area contributed by atoms with Crippen LogP contribution < -0.4 is 15.2 Å². The number of ether oxygens (including phenoxy) is 2. The van der Waals surface area contributed by atoms with E-state index in [4.69, 9.17) is 15.2 Å². The summed E-state index contributed by atoms with van der Waals surface area (Å²) in [6.07, 6.45) is 6.83. The van der Waals surface area contributed by atoms with Crippen LogP contribution in [0.1, 0.15) is 37.8 Å².